The van der Waals surface area contributed by atoms with Gasteiger partial charge in [-0.25, -0.2) is 0 Å². The van der Waals surface area contributed by atoms with E-state index in [4.69, 9.17) is 16.3 Å². The van der Waals surface area contributed by atoms with E-state index in [0.29, 0.717) is 23.6 Å². The normalized spacial score (nSPS) is 35.9. The maximum absolute atomic E-state index is 6.03. The van der Waals surface area contributed by atoms with E-state index < -0.39 is 0 Å². The minimum atomic E-state index is 0.315. The number of benzene rings is 1. The lowest BCUT2D eigenvalue weighted by molar-refractivity contribution is 0.0609. The van der Waals surface area contributed by atoms with E-state index in [9.17, 15) is 0 Å². The van der Waals surface area contributed by atoms with E-state index in [1.165, 1.54) is 17.7 Å². The van der Waals surface area contributed by atoms with E-state index in [0.717, 1.165) is 31.0 Å². The lowest BCUT2D eigenvalue weighted by atomic mass is 9.71. The first-order valence-corrected chi connectivity index (χ1v) is 8.97. The molecule has 2 heterocycles. The number of ether oxygens (including phenoxy) is 1. The first-order valence-electron chi connectivity index (χ1n) is 8.59. The fraction of sp³-hybridized carbons (Fsp3) is 0.579. The van der Waals surface area contributed by atoms with Crippen LogP contribution in [0.15, 0.2) is 36.0 Å². The third-order valence-electron chi connectivity index (χ3n) is 6.11. The summed E-state index contributed by atoms with van der Waals surface area (Å²) in [5, 5.41) is 4.55. The molecule has 0 saturated carbocycles. The number of methoxy groups -OCH3 is 1. The van der Waals surface area contributed by atoms with Crippen molar-refractivity contribution in [2.45, 2.75) is 45.0 Å². The first kappa shape index (κ1) is 15.5. The highest BCUT2D eigenvalue weighted by atomic mass is 35.5. The molecule has 1 aromatic rings. The van der Waals surface area contributed by atoms with Crippen molar-refractivity contribution in [3.05, 3.63) is 46.6 Å². The summed E-state index contributed by atoms with van der Waals surface area (Å²) in [6.45, 7) is 4.51. The molecule has 23 heavy (non-hydrogen) atoms. The molecule has 0 spiro atoms. The van der Waals surface area contributed by atoms with Crippen LogP contribution in [0.5, 0.6) is 0 Å². The van der Waals surface area contributed by atoms with Crippen molar-refractivity contribution >= 4 is 11.6 Å². The predicted molar refractivity (Wildman–Crippen MR) is 93.1 cm³/mol. The highest BCUT2D eigenvalue weighted by Crippen LogP contribution is 2.55. The van der Waals surface area contributed by atoms with Crippen LogP contribution in [0, 0.1) is 11.3 Å². The van der Waals surface area contributed by atoms with Crippen LogP contribution in [0.4, 0.5) is 0 Å². The molecule has 0 amide bonds. The summed E-state index contributed by atoms with van der Waals surface area (Å²) in [7, 11) is 1.84. The Hall–Kier alpha value is -1.03. The van der Waals surface area contributed by atoms with Crippen LogP contribution < -0.4 is 5.32 Å². The first-order chi connectivity index (χ1) is 11.1. The molecule has 4 heteroatoms. The molecule has 1 aromatic carbocycles. The average molecular weight is 333 g/mol. The molecule has 0 radical (unpaired) electrons. The van der Waals surface area contributed by atoms with E-state index in [1.54, 1.807) is 0 Å². The number of fused-ring (bicyclic) bond motifs is 3. The van der Waals surface area contributed by atoms with Gasteiger partial charge in [0.1, 0.15) is 0 Å². The Labute approximate surface area is 143 Å². The van der Waals surface area contributed by atoms with Gasteiger partial charge in [0.15, 0.2) is 0 Å². The zero-order valence-electron chi connectivity index (χ0n) is 13.9. The summed E-state index contributed by atoms with van der Waals surface area (Å²) in [4.78, 5) is 2.59. The van der Waals surface area contributed by atoms with Gasteiger partial charge in [-0.3, -0.25) is 5.32 Å². The van der Waals surface area contributed by atoms with Crippen LogP contribution in [-0.4, -0.2) is 30.8 Å². The monoisotopic (exact) mass is 332 g/mol. The zero-order valence-corrected chi connectivity index (χ0v) is 14.6. The number of nitrogens with one attached hydrogen (secondary N) is 1. The van der Waals surface area contributed by atoms with Crippen LogP contribution in [-0.2, 0) is 11.3 Å². The molecule has 3 nitrogen and oxygen atoms in total. The largest absolute Gasteiger partial charge is 0.381 e. The fourth-order valence-corrected chi connectivity index (χ4v) is 4.91. The van der Waals surface area contributed by atoms with Crippen LogP contribution in [0.2, 0.25) is 5.02 Å². The molecule has 4 unspecified atom stereocenters. The van der Waals surface area contributed by atoms with Gasteiger partial charge in [0, 0.05) is 35.7 Å². The van der Waals surface area contributed by atoms with Gasteiger partial charge >= 0.3 is 0 Å². The standard InChI is InChI=1S/C19H25ClN2O/c1-19-9-10-21-18(19)22(12-13-3-5-14(20)6-4-13)17-8-7-15(23-2)11-16(17)19/h3-6,8,15-16,18,21H,7,9-12H2,1-2H3. The Kier molecular flexibility index (Phi) is 3.91. The van der Waals surface area contributed by atoms with E-state index >= 15 is 0 Å². The molecule has 2 saturated heterocycles. The molecule has 3 aliphatic rings. The van der Waals surface area contributed by atoms with Crippen LogP contribution in [0.1, 0.15) is 31.7 Å². The molecular formula is C19H25ClN2O. The molecule has 4 atom stereocenters. The lowest BCUT2D eigenvalue weighted by Crippen LogP contribution is -2.42. The Balaban J connectivity index is 1.65. The molecular weight excluding hydrogens is 308 g/mol. The molecule has 2 aliphatic heterocycles. The molecule has 124 valence electrons. The number of hydrogen-bond acceptors (Lipinski definition) is 3. The topological polar surface area (TPSA) is 24.5 Å². The Morgan fingerprint density at radius 1 is 1.35 bits per heavy atom. The number of allylic oxidation sites excluding steroid dienone is 1. The van der Waals surface area contributed by atoms with E-state index in [-0.39, 0.29) is 0 Å². The Bertz CT molecular complexity index is 614. The summed E-state index contributed by atoms with van der Waals surface area (Å²) in [6, 6.07) is 8.26. The summed E-state index contributed by atoms with van der Waals surface area (Å²) < 4.78 is 5.66. The SMILES string of the molecule is COC1CC=C2C(C1)C1(C)CCNC1N2Cc1ccc(Cl)cc1. The molecule has 1 aliphatic carbocycles. The average Bonchev–Trinajstić information content (AvgIpc) is 3.05. The van der Waals surface area contributed by atoms with Gasteiger partial charge in [-0.1, -0.05) is 36.7 Å². The summed E-state index contributed by atoms with van der Waals surface area (Å²) in [6.07, 6.45) is 6.65. The van der Waals surface area contributed by atoms with Crippen molar-refractivity contribution in [2.75, 3.05) is 13.7 Å². The van der Waals surface area contributed by atoms with Crippen molar-refractivity contribution in [2.24, 2.45) is 11.3 Å². The minimum Gasteiger partial charge on any atom is -0.381 e. The van der Waals surface area contributed by atoms with Crippen LogP contribution in [0.25, 0.3) is 0 Å². The number of likely N-dealkylation sites (tertiary alicyclic amines) is 1. The van der Waals surface area contributed by atoms with Gasteiger partial charge in [0.05, 0.1) is 12.3 Å². The minimum absolute atomic E-state index is 0.315. The van der Waals surface area contributed by atoms with E-state index in [1.807, 2.05) is 19.2 Å². The third-order valence-corrected chi connectivity index (χ3v) is 6.36. The number of rotatable bonds is 3. The Morgan fingerprint density at radius 2 is 2.13 bits per heavy atom. The number of hydrogen-bond donors (Lipinski definition) is 1. The molecule has 1 N–H and O–H groups in total. The van der Waals surface area contributed by atoms with Gasteiger partial charge < -0.3 is 9.64 Å². The molecule has 4 rings (SSSR count). The molecule has 2 fully saturated rings. The van der Waals surface area contributed by atoms with Crippen molar-refractivity contribution in [3.8, 4) is 0 Å². The van der Waals surface area contributed by atoms with Crippen LogP contribution in [0.3, 0.4) is 0 Å². The second kappa shape index (κ2) is 5.80. The highest BCUT2D eigenvalue weighted by Gasteiger charge is 2.56. The lowest BCUT2D eigenvalue weighted by Gasteiger charge is -2.33. The van der Waals surface area contributed by atoms with Crippen molar-refractivity contribution in [1.82, 2.24) is 10.2 Å². The summed E-state index contributed by atoms with van der Waals surface area (Å²) in [5.74, 6) is 0.605. The highest BCUT2D eigenvalue weighted by molar-refractivity contribution is 6.30. The molecule has 0 aromatic heterocycles. The van der Waals surface area contributed by atoms with Gasteiger partial charge in [-0.2, -0.15) is 0 Å². The number of nitrogens with zero attached hydrogens (tertiary/aromatic N) is 1. The predicted octanol–water partition coefficient (Wildman–Crippen LogP) is 3.79. The van der Waals surface area contributed by atoms with Crippen molar-refractivity contribution < 1.29 is 4.74 Å². The van der Waals surface area contributed by atoms with Gasteiger partial charge in [0.2, 0.25) is 0 Å². The zero-order chi connectivity index (χ0) is 16.0. The molecule has 0 bridgehead atoms. The quantitative estimate of drug-likeness (QED) is 0.911. The van der Waals surface area contributed by atoms with Gasteiger partial charge in [0.25, 0.3) is 0 Å². The van der Waals surface area contributed by atoms with Crippen molar-refractivity contribution in [1.29, 1.82) is 0 Å². The maximum atomic E-state index is 6.03. The van der Waals surface area contributed by atoms with Crippen molar-refractivity contribution in [3.63, 3.8) is 0 Å². The fourth-order valence-electron chi connectivity index (χ4n) is 4.79. The smallest absolute Gasteiger partial charge is 0.0857 e. The second-order valence-electron chi connectivity index (χ2n) is 7.38. The van der Waals surface area contributed by atoms with Gasteiger partial charge in [-0.15, -0.1) is 0 Å². The third kappa shape index (κ3) is 2.50. The maximum Gasteiger partial charge on any atom is 0.0857 e. The number of halogens is 1. The van der Waals surface area contributed by atoms with Crippen LogP contribution >= 0.6 is 11.6 Å². The summed E-state index contributed by atoms with van der Waals surface area (Å²) >= 11 is 6.03. The van der Waals surface area contributed by atoms with E-state index in [2.05, 4.69) is 35.3 Å². The second-order valence-corrected chi connectivity index (χ2v) is 7.81. The van der Waals surface area contributed by atoms with Gasteiger partial charge in [-0.05, 0) is 43.5 Å². The Morgan fingerprint density at radius 3 is 2.87 bits per heavy atom. The summed E-state index contributed by atoms with van der Waals surface area (Å²) in [5.41, 5.74) is 3.16.